The number of halogens is 1. The van der Waals surface area contributed by atoms with Crippen LogP contribution in [0.2, 0.25) is 0 Å². The number of benzene rings is 1. The molecule has 0 amide bonds. The van der Waals surface area contributed by atoms with Crippen molar-refractivity contribution >= 4 is 31.6 Å². The second-order valence-electron chi connectivity index (χ2n) is 4.20. The molecule has 0 aliphatic rings. The lowest BCUT2D eigenvalue weighted by Crippen LogP contribution is -2.24. The van der Waals surface area contributed by atoms with Crippen molar-refractivity contribution in [3.8, 4) is 0 Å². The Balaban J connectivity index is 2.24. The summed E-state index contributed by atoms with van der Waals surface area (Å²) in [5.41, 5.74) is 6.65. The Morgan fingerprint density at radius 2 is 2.10 bits per heavy atom. The molecule has 20 heavy (non-hydrogen) atoms. The largest absolute Gasteiger partial charge is 0.398 e. The lowest BCUT2D eigenvalue weighted by atomic mass is 10.2. The molecule has 0 unspecified atom stereocenters. The molecular weight excluding hydrogens is 348 g/mol. The quantitative estimate of drug-likeness (QED) is 0.799. The van der Waals surface area contributed by atoms with E-state index >= 15 is 0 Å². The molecule has 1 aromatic heterocycles. The Morgan fingerprint density at radius 1 is 1.40 bits per heavy atom. The molecule has 0 aliphatic heterocycles. The summed E-state index contributed by atoms with van der Waals surface area (Å²) in [7, 11) is -3.70. The monoisotopic (exact) mass is 360 g/mol. The summed E-state index contributed by atoms with van der Waals surface area (Å²) in [4.78, 5) is 4.04. The van der Waals surface area contributed by atoms with Gasteiger partial charge in [-0.05, 0) is 47.5 Å². The van der Waals surface area contributed by atoms with E-state index in [0.717, 1.165) is 0 Å². The van der Waals surface area contributed by atoms with Gasteiger partial charge in [-0.1, -0.05) is 5.16 Å². The number of aryl methyl sites for hydroxylation is 2. The average Bonchev–Trinajstić information content (AvgIpc) is 2.77. The average molecular weight is 361 g/mol. The molecule has 9 heteroatoms. The van der Waals surface area contributed by atoms with Gasteiger partial charge in [-0.3, -0.25) is 0 Å². The number of aromatic nitrogens is 2. The summed E-state index contributed by atoms with van der Waals surface area (Å²) in [6.45, 7) is 3.27. The smallest absolute Gasteiger partial charge is 0.241 e. The molecule has 0 spiro atoms. The van der Waals surface area contributed by atoms with Gasteiger partial charge in [0.25, 0.3) is 0 Å². The highest BCUT2D eigenvalue weighted by molar-refractivity contribution is 9.10. The summed E-state index contributed by atoms with van der Waals surface area (Å²) in [6, 6.07) is 3.06. The standard InChI is InChI=1S/C11H13BrN4O3S/c1-6-3-8(12)9(13)4-10(6)20(17,18)14-5-11-15-7(2)16-19-11/h3-4,14H,5,13H2,1-2H3. The lowest BCUT2D eigenvalue weighted by molar-refractivity contribution is 0.372. The van der Waals surface area contributed by atoms with Crippen molar-refractivity contribution in [3.63, 3.8) is 0 Å². The van der Waals surface area contributed by atoms with E-state index in [9.17, 15) is 8.42 Å². The van der Waals surface area contributed by atoms with Crippen molar-refractivity contribution in [3.05, 3.63) is 33.9 Å². The fourth-order valence-electron chi connectivity index (χ4n) is 1.60. The number of nitrogen functional groups attached to an aromatic ring is 1. The number of nitrogens with zero attached hydrogens (tertiary/aromatic N) is 2. The van der Waals surface area contributed by atoms with Crippen LogP contribution in [0.15, 0.2) is 26.0 Å². The molecular formula is C11H13BrN4O3S. The Kier molecular flexibility index (Phi) is 4.11. The zero-order chi connectivity index (χ0) is 14.9. The number of nitrogens with two attached hydrogens (primary N) is 1. The van der Waals surface area contributed by atoms with Gasteiger partial charge in [0, 0.05) is 10.2 Å². The Morgan fingerprint density at radius 3 is 2.70 bits per heavy atom. The van der Waals surface area contributed by atoms with E-state index in [1.165, 1.54) is 6.07 Å². The maximum Gasteiger partial charge on any atom is 0.241 e. The second kappa shape index (κ2) is 5.51. The van der Waals surface area contributed by atoms with Crippen LogP contribution in [0.1, 0.15) is 17.3 Å². The van der Waals surface area contributed by atoms with Crippen LogP contribution in [-0.4, -0.2) is 18.6 Å². The molecule has 2 rings (SSSR count). The fraction of sp³-hybridized carbons (Fsp3) is 0.273. The van der Waals surface area contributed by atoms with Gasteiger partial charge in [0.05, 0.1) is 11.4 Å². The minimum atomic E-state index is -3.70. The maximum absolute atomic E-state index is 12.2. The summed E-state index contributed by atoms with van der Waals surface area (Å²) in [5.74, 6) is 0.650. The molecule has 7 nitrogen and oxygen atoms in total. The van der Waals surface area contributed by atoms with E-state index < -0.39 is 10.0 Å². The van der Waals surface area contributed by atoms with Gasteiger partial charge in [0.1, 0.15) is 0 Å². The first-order chi connectivity index (χ1) is 9.29. The third-order valence-electron chi connectivity index (χ3n) is 2.57. The summed E-state index contributed by atoms with van der Waals surface area (Å²) >= 11 is 3.25. The Labute approximate surface area is 124 Å². The Hall–Kier alpha value is -1.45. The van der Waals surface area contributed by atoms with Crippen LogP contribution in [0.3, 0.4) is 0 Å². The van der Waals surface area contributed by atoms with Crippen LogP contribution in [0.25, 0.3) is 0 Å². The van der Waals surface area contributed by atoms with E-state index in [1.54, 1.807) is 19.9 Å². The molecule has 2 aromatic rings. The molecule has 3 N–H and O–H groups in total. The maximum atomic E-state index is 12.2. The third kappa shape index (κ3) is 3.17. The predicted molar refractivity (Wildman–Crippen MR) is 76.4 cm³/mol. The zero-order valence-corrected chi connectivity index (χ0v) is 13.2. The molecule has 0 fully saturated rings. The van der Waals surface area contributed by atoms with Gasteiger partial charge in [-0.2, -0.15) is 4.98 Å². The van der Waals surface area contributed by atoms with E-state index in [2.05, 4.69) is 30.8 Å². The number of anilines is 1. The van der Waals surface area contributed by atoms with Gasteiger partial charge < -0.3 is 10.3 Å². The minimum Gasteiger partial charge on any atom is -0.398 e. The minimum absolute atomic E-state index is 0.0709. The first-order valence-corrected chi connectivity index (χ1v) is 7.91. The highest BCUT2D eigenvalue weighted by Crippen LogP contribution is 2.26. The van der Waals surface area contributed by atoms with Gasteiger partial charge in [0.15, 0.2) is 5.82 Å². The molecule has 1 heterocycles. The van der Waals surface area contributed by atoms with E-state index in [1.807, 2.05) is 0 Å². The highest BCUT2D eigenvalue weighted by atomic mass is 79.9. The number of hydrogen-bond acceptors (Lipinski definition) is 6. The molecule has 0 saturated heterocycles. The lowest BCUT2D eigenvalue weighted by Gasteiger charge is -2.10. The SMILES string of the molecule is Cc1noc(CNS(=O)(=O)c2cc(N)c(Br)cc2C)n1. The normalized spacial score (nSPS) is 11.8. The molecule has 0 aliphatic carbocycles. The summed E-state index contributed by atoms with van der Waals surface area (Å²) in [6.07, 6.45) is 0. The van der Waals surface area contributed by atoms with Gasteiger partial charge >= 0.3 is 0 Å². The number of rotatable bonds is 4. The Bertz CT molecular complexity index is 742. The van der Waals surface area contributed by atoms with E-state index in [0.29, 0.717) is 21.5 Å². The van der Waals surface area contributed by atoms with Gasteiger partial charge in [-0.25, -0.2) is 13.1 Å². The first kappa shape index (κ1) is 14.9. The highest BCUT2D eigenvalue weighted by Gasteiger charge is 2.19. The second-order valence-corrected chi connectivity index (χ2v) is 6.79. The van der Waals surface area contributed by atoms with Crippen LogP contribution in [0.5, 0.6) is 0 Å². The van der Waals surface area contributed by atoms with Crippen molar-refractivity contribution < 1.29 is 12.9 Å². The van der Waals surface area contributed by atoms with Gasteiger partial charge in [-0.15, -0.1) is 0 Å². The summed E-state index contributed by atoms with van der Waals surface area (Å²) < 4.78 is 32.3. The summed E-state index contributed by atoms with van der Waals surface area (Å²) in [5, 5.41) is 3.59. The fourth-order valence-corrected chi connectivity index (χ4v) is 3.30. The van der Waals surface area contributed by atoms with Crippen molar-refractivity contribution in [2.24, 2.45) is 0 Å². The van der Waals surface area contributed by atoms with E-state index in [-0.39, 0.29) is 17.3 Å². The molecule has 108 valence electrons. The van der Waals surface area contributed by atoms with Crippen LogP contribution in [0.4, 0.5) is 5.69 Å². The van der Waals surface area contributed by atoms with E-state index in [4.69, 9.17) is 10.3 Å². The predicted octanol–water partition coefficient (Wildman–Crippen LogP) is 1.51. The first-order valence-electron chi connectivity index (χ1n) is 5.64. The van der Waals surface area contributed by atoms with Crippen LogP contribution < -0.4 is 10.5 Å². The van der Waals surface area contributed by atoms with Crippen molar-refractivity contribution in [1.29, 1.82) is 0 Å². The van der Waals surface area contributed by atoms with Crippen LogP contribution in [0, 0.1) is 13.8 Å². The molecule has 0 saturated carbocycles. The van der Waals surface area contributed by atoms with Crippen LogP contribution in [-0.2, 0) is 16.6 Å². The molecule has 1 aromatic carbocycles. The van der Waals surface area contributed by atoms with Crippen LogP contribution >= 0.6 is 15.9 Å². The van der Waals surface area contributed by atoms with Gasteiger partial charge in [0.2, 0.25) is 15.9 Å². The number of sulfonamides is 1. The van der Waals surface area contributed by atoms with Crippen molar-refractivity contribution in [2.45, 2.75) is 25.3 Å². The molecule has 0 atom stereocenters. The molecule has 0 radical (unpaired) electrons. The topological polar surface area (TPSA) is 111 Å². The molecule has 0 bridgehead atoms. The third-order valence-corrected chi connectivity index (χ3v) is 4.80. The van der Waals surface area contributed by atoms with Crippen molar-refractivity contribution in [2.75, 3.05) is 5.73 Å². The number of hydrogen-bond donors (Lipinski definition) is 2. The van der Waals surface area contributed by atoms with Crippen molar-refractivity contribution in [1.82, 2.24) is 14.9 Å². The number of nitrogens with one attached hydrogen (secondary N) is 1. The zero-order valence-electron chi connectivity index (χ0n) is 10.8.